The van der Waals surface area contributed by atoms with Crippen LogP contribution in [0.4, 0.5) is 13.6 Å². The zero-order chi connectivity index (χ0) is 26.2. The normalized spacial score (nSPS) is 22.7. The number of benzene rings is 2. The van der Waals surface area contributed by atoms with Gasteiger partial charge in [0.15, 0.2) is 6.61 Å². The molecule has 3 atom stereocenters. The van der Waals surface area contributed by atoms with Crippen molar-refractivity contribution in [1.29, 1.82) is 0 Å². The minimum atomic E-state index is -1.38. The molecule has 196 valence electrons. The number of ether oxygens (including phenoxy) is 1. The third kappa shape index (κ3) is 5.31. The van der Waals surface area contributed by atoms with E-state index in [1.807, 2.05) is 43.3 Å². The molecule has 1 saturated carbocycles. The lowest BCUT2D eigenvalue weighted by atomic mass is 9.92. The number of likely N-dealkylation sites (tertiary alicyclic amines) is 2. The maximum absolute atomic E-state index is 15.1. The summed E-state index contributed by atoms with van der Waals surface area (Å²) in [5.74, 6) is -1.49. The molecule has 3 aliphatic rings. The van der Waals surface area contributed by atoms with Crippen LogP contribution in [0.5, 0.6) is 0 Å². The van der Waals surface area contributed by atoms with Crippen molar-refractivity contribution in [2.45, 2.75) is 56.3 Å². The van der Waals surface area contributed by atoms with Crippen LogP contribution in [0.3, 0.4) is 0 Å². The molecule has 2 aromatic carbocycles. The first-order chi connectivity index (χ1) is 17.7. The maximum Gasteiger partial charge on any atom is 0.410 e. The monoisotopic (exact) mass is 511 g/mol. The van der Waals surface area contributed by atoms with Crippen molar-refractivity contribution < 1.29 is 27.9 Å². The predicted octanol–water partition coefficient (Wildman–Crippen LogP) is 3.86. The lowest BCUT2D eigenvalue weighted by Crippen LogP contribution is -2.49. The third-order valence-electron chi connectivity index (χ3n) is 7.70. The van der Waals surface area contributed by atoms with E-state index in [0.717, 1.165) is 29.7 Å². The van der Waals surface area contributed by atoms with E-state index >= 15 is 4.39 Å². The zero-order valence-electron chi connectivity index (χ0n) is 20.8. The van der Waals surface area contributed by atoms with E-state index in [2.05, 4.69) is 5.32 Å². The summed E-state index contributed by atoms with van der Waals surface area (Å²) < 4.78 is 34.6. The van der Waals surface area contributed by atoms with Gasteiger partial charge in [-0.3, -0.25) is 9.59 Å². The van der Waals surface area contributed by atoms with Gasteiger partial charge >= 0.3 is 6.09 Å². The second-order valence-electron chi connectivity index (χ2n) is 10.4. The molecule has 1 aliphatic carbocycles. The van der Waals surface area contributed by atoms with E-state index in [9.17, 15) is 18.8 Å². The molecule has 37 heavy (non-hydrogen) atoms. The number of hydrogen-bond donors (Lipinski definition) is 1. The molecule has 2 aliphatic heterocycles. The summed E-state index contributed by atoms with van der Waals surface area (Å²) >= 11 is 0. The van der Waals surface area contributed by atoms with Gasteiger partial charge in [0.2, 0.25) is 5.91 Å². The number of carbonyl (C=O) groups excluding carboxylic acids is 3. The smallest absolute Gasteiger partial charge is 0.410 e. The molecule has 2 aromatic rings. The number of alkyl halides is 1. The van der Waals surface area contributed by atoms with Crippen LogP contribution in [-0.2, 0) is 19.7 Å². The predicted molar refractivity (Wildman–Crippen MR) is 132 cm³/mol. The fraction of sp³-hybridized carbons (Fsp3) is 0.464. The van der Waals surface area contributed by atoms with E-state index in [0.29, 0.717) is 24.2 Å². The minimum Gasteiger partial charge on any atom is -0.439 e. The van der Waals surface area contributed by atoms with Crippen molar-refractivity contribution in [3.63, 3.8) is 0 Å². The molecule has 0 radical (unpaired) electrons. The van der Waals surface area contributed by atoms with E-state index in [-0.39, 0.29) is 24.2 Å². The quantitative estimate of drug-likeness (QED) is 0.612. The summed E-state index contributed by atoms with van der Waals surface area (Å²) in [5.41, 5.74) is 1.81. The van der Waals surface area contributed by atoms with Crippen LogP contribution < -0.4 is 5.32 Å². The highest BCUT2D eigenvalue weighted by Crippen LogP contribution is 2.48. The average molecular weight is 512 g/mol. The molecule has 3 fully saturated rings. The number of rotatable bonds is 7. The van der Waals surface area contributed by atoms with Gasteiger partial charge in [0, 0.05) is 19.5 Å². The molecule has 3 unspecified atom stereocenters. The standard InChI is InChI=1S/C28H31F2N3O4/c1-28(10-11-28)21-9-8-19(14-22(21)30)25(18-6-3-2-4-7-18)31-26(35)23-15-20(29)16-33(23)24(34)17-37-27(36)32-12-5-13-32/h2-4,6-9,14,20,23,25H,5,10-13,15-17H2,1H3,(H,31,35). The lowest BCUT2D eigenvalue weighted by Gasteiger charge is -2.30. The Morgan fingerprint density at radius 3 is 2.46 bits per heavy atom. The average Bonchev–Trinajstić information content (AvgIpc) is 3.47. The number of carbonyl (C=O) groups is 3. The minimum absolute atomic E-state index is 0.145. The van der Waals surface area contributed by atoms with E-state index in [1.54, 1.807) is 6.07 Å². The molecule has 1 N–H and O–H groups in total. The van der Waals surface area contributed by atoms with Crippen molar-refractivity contribution in [3.05, 3.63) is 71.0 Å². The van der Waals surface area contributed by atoms with Crippen molar-refractivity contribution in [2.75, 3.05) is 26.2 Å². The molecule has 9 heteroatoms. The number of nitrogens with zero attached hydrogens (tertiary/aromatic N) is 2. The van der Waals surface area contributed by atoms with Crippen LogP contribution in [0.1, 0.15) is 55.3 Å². The van der Waals surface area contributed by atoms with Gasteiger partial charge in [-0.25, -0.2) is 13.6 Å². The molecule has 0 bridgehead atoms. The molecule has 2 saturated heterocycles. The Labute approximate surface area is 214 Å². The van der Waals surface area contributed by atoms with Crippen molar-refractivity contribution in [3.8, 4) is 0 Å². The zero-order valence-corrected chi connectivity index (χ0v) is 20.8. The summed E-state index contributed by atoms with van der Waals surface area (Å²) in [6, 6.07) is 12.4. The number of halogens is 2. The van der Waals surface area contributed by atoms with E-state index < -0.39 is 42.8 Å². The first kappa shape index (κ1) is 25.2. The van der Waals surface area contributed by atoms with Gasteiger partial charge in [-0.1, -0.05) is 49.4 Å². The lowest BCUT2D eigenvalue weighted by molar-refractivity contribution is -0.141. The van der Waals surface area contributed by atoms with Gasteiger partial charge in [0.1, 0.15) is 18.0 Å². The molecule has 0 spiro atoms. The van der Waals surface area contributed by atoms with Gasteiger partial charge in [-0.15, -0.1) is 0 Å². The Morgan fingerprint density at radius 2 is 1.84 bits per heavy atom. The second kappa shape index (κ2) is 10.1. The molecular formula is C28H31F2N3O4. The van der Waals surface area contributed by atoms with Gasteiger partial charge in [0.25, 0.3) is 5.91 Å². The Balaban J connectivity index is 1.33. The van der Waals surface area contributed by atoms with E-state index in [1.165, 1.54) is 11.0 Å². The molecule has 0 aromatic heterocycles. The summed E-state index contributed by atoms with van der Waals surface area (Å²) in [5, 5.41) is 2.92. The second-order valence-corrected chi connectivity index (χ2v) is 10.4. The van der Waals surface area contributed by atoms with Crippen LogP contribution >= 0.6 is 0 Å². The Kier molecular flexibility index (Phi) is 6.88. The SMILES string of the molecule is CC1(c2ccc(C(NC(=O)C3CC(F)CN3C(=O)COC(=O)N3CCC3)c3ccccc3)cc2F)CC1. The Hall–Kier alpha value is -3.49. The topological polar surface area (TPSA) is 79.0 Å². The Morgan fingerprint density at radius 1 is 1.11 bits per heavy atom. The molecule has 2 heterocycles. The number of amides is 3. The van der Waals surface area contributed by atoms with Crippen LogP contribution in [0.15, 0.2) is 48.5 Å². The fourth-order valence-corrected chi connectivity index (χ4v) is 5.01. The van der Waals surface area contributed by atoms with E-state index in [4.69, 9.17) is 4.74 Å². The first-order valence-corrected chi connectivity index (χ1v) is 12.8. The van der Waals surface area contributed by atoms with Gasteiger partial charge < -0.3 is 19.9 Å². The maximum atomic E-state index is 15.1. The number of hydrogen-bond acceptors (Lipinski definition) is 4. The fourth-order valence-electron chi connectivity index (χ4n) is 5.01. The Bertz CT molecular complexity index is 1180. The number of nitrogens with one attached hydrogen (secondary N) is 1. The van der Waals surface area contributed by atoms with Crippen LogP contribution in [0.25, 0.3) is 0 Å². The van der Waals surface area contributed by atoms with Crippen molar-refractivity contribution in [1.82, 2.24) is 15.1 Å². The first-order valence-electron chi connectivity index (χ1n) is 12.8. The largest absolute Gasteiger partial charge is 0.439 e. The highest BCUT2D eigenvalue weighted by Gasteiger charge is 2.42. The summed E-state index contributed by atoms with van der Waals surface area (Å²) in [6.07, 6.45) is 0.625. The molecule has 5 rings (SSSR count). The summed E-state index contributed by atoms with van der Waals surface area (Å²) in [6.45, 7) is 2.38. The van der Waals surface area contributed by atoms with Crippen LogP contribution in [-0.4, -0.2) is 66.2 Å². The third-order valence-corrected chi connectivity index (χ3v) is 7.70. The van der Waals surface area contributed by atoms with Crippen molar-refractivity contribution in [2.24, 2.45) is 0 Å². The molecule has 3 amide bonds. The summed E-state index contributed by atoms with van der Waals surface area (Å²) in [7, 11) is 0. The van der Waals surface area contributed by atoms with Crippen LogP contribution in [0.2, 0.25) is 0 Å². The molecule has 7 nitrogen and oxygen atoms in total. The van der Waals surface area contributed by atoms with Gasteiger partial charge in [-0.2, -0.15) is 0 Å². The highest BCUT2D eigenvalue weighted by molar-refractivity contribution is 5.90. The van der Waals surface area contributed by atoms with Gasteiger partial charge in [0.05, 0.1) is 12.6 Å². The summed E-state index contributed by atoms with van der Waals surface area (Å²) in [4.78, 5) is 40.7. The highest BCUT2D eigenvalue weighted by atomic mass is 19.1. The van der Waals surface area contributed by atoms with Gasteiger partial charge in [-0.05, 0) is 47.4 Å². The van der Waals surface area contributed by atoms with Crippen molar-refractivity contribution >= 4 is 17.9 Å². The molecular weight excluding hydrogens is 480 g/mol. The van der Waals surface area contributed by atoms with Crippen LogP contribution in [0, 0.1) is 5.82 Å².